The fourth-order valence-corrected chi connectivity index (χ4v) is 5.85. The van der Waals surface area contributed by atoms with Gasteiger partial charge >= 0.3 is 11.9 Å². The third-order valence-electron chi connectivity index (χ3n) is 8.89. The zero-order valence-corrected chi connectivity index (χ0v) is 38.3. The Kier molecular flexibility index (Phi) is 28.2. The Bertz CT molecular complexity index is 1750. The molecule has 28 nitrogen and oxygen atoms in total. The van der Waals surface area contributed by atoms with E-state index in [2.05, 4.69) is 67.5 Å². The van der Waals surface area contributed by atoms with E-state index in [4.69, 9.17) is 22.9 Å². The van der Waals surface area contributed by atoms with Crippen LogP contribution < -0.4 is 65.5 Å². The maximum Gasteiger partial charge on any atom is 0.326 e. The molecule has 0 saturated heterocycles. The maximum absolute atomic E-state index is 13.5. The molecule has 0 fully saturated rings. The van der Waals surface area contributed by atoms with Gasteiger partial charge in [-0.3, -0.25) is 52.9 Å². The number of nitrogens with two attached hydrogens (primary N) is 4. The summed E-state index contributed by atoms with van der Waals surface area (Å²) in [4.78, 5) is 143. The van der Waals surface area contributed by atoms with Gasteiger partial charge in [0.1, 0.15) is 42.3 Å². The number of carboxylic acid groups (broad SMARTS) is 2. The van der Waals surface area contributed by atoms with Crippen molar-refractivity contribution in [3.05, 3.63) is 0 Å². The number of carbonyl (C=O) groups excluding carboxylic acids is 9. The third kappa shape index (κ3) is 23.8. The lowest BCUT2D eigenvalue weighted by molar-refractivity contribution is -0.143. The number of hydrogen-bond donors (Lipinski definition) is 18. The van der Waals surface area contributed by atoms with Crippen LogP contribution >= 0.6 is 25.3 Å². The van der Waals surface area contributed by atoms with E-state index >= 15 is 0 Å². The lowest BCUT2D eigenvalue weighted by Gasteiger charge is -2.28. The molecule has 0 rings (SSSR count). The second-order valence-electron chi connectivity index (χ2n) is 15.0. The highest BCUT2D eigenvalue weighted by atomic mass is 32.1. The molecule has 9 amide bonds. The van der Waals surface area contributed by atoms with Crippen LogP contribution in [-0.4, -0.2) is 177 Å². The number of primary amides is 1. The van der Waals surface area contributed by atoms with Crippen molar-refractivity contribution in [3.63, 3.8) is 0 Å². The number of aliphatic hydroxyl groups is 2. The minimum Gasteiger partial charge on any atom is -0.481 e. The first kappa shape index (κ1) is 60.0. The van der Waals surface area contributed by atoms with Crippen molar-refractivity contribution in [2.45, 2.75) is 114 Å². The molecule has 9 atom stereocenters. The van der Waals surface area contributed by atoms with Gasteiger partial charge in [-0.1, -0.05) is 13.8 Å². The van der Waals surface area contributed by atoms with Crippen LogP contribution in [0, 0.1) is 5.92 Å². The summed E-state index contributed by atoms with van der Waals surface area (Å²) in [7, 11) is 0. The summed E-state index contributed by atoms with van der Waals surface area (Å²) < 4.78 is 0. The Morgan fingerprint density at radius 1 is 0.621 bits per heavy atom. The highest BCUT2D eigenvalue weighted by Crippen LogP contribution is 2.09. The van der Waals surface area contributed by atoms with Gasteiger partial charge in [0.2, 0.25) is 53.2 Å². The van der Waals surface area contributed by atoms with E-state index in [1.54, 1.807) is 13.8 Å². The van der Waals surface area contributed by atoms with Crippen LogP contribution in [0.2, 0.25) is 0 Å². The van der Waals surface area contributed by atoms with Crippen LogP contribution in [0.3, 0.4) is 0 Å². The molecule has 0 aliphatic rings. The van der Waals surface area contributed by atoms with Crippen molar-refractivity contribution in [3.8, 4) is 0 Å². The van der Waals surface area contributed by atoms with Gasteiger partial charge in [0.25, 0.3) is 0 Å². The average molecular weight is 982 g/mol. The minimum absolute atomic E-state index is 0.0163. The average Bonchev–Trinajstić information content (AvgIpc) is 3.23. The highest BCUT2D eigenvalue weighted by Gasteiger charge is 2.36. The van der Waals surface area contributed by atoms with Gasteiger partial charge in [-0.2, -0.15) is 25.3 Å². The number of carbonyl (C=O) groups is 11. The highest BCUT2D eigenvalue weighted by molar-refractivity contribution is 7.80. The Hall–Kier alpha value is -5.98. The summed E-state index contributed by atoms with van der Waals surface area (Å²) in [5, 5.41) is 57.4. The predicted octanol–water partition coefficient (Wildman–Crippen LogP) is -8.02. The molecule has 0 aliphatic carbocycles. The smallest absolute Gasteiger partial charge is 0.326 e. The van der Waals surface area contributed by atoms with Crippen molar-refractivity contribution in [2.75, 3.05) is 31.2 Å². The zero-order chi connectivity index (χ0) is 50.8. The Morgan fingerprint density at radius 3 is 1.64 bits per heavy atom. The molecule has 0 bridgehead atoms. The number of amides is 9. The molecule has 0 spiro atoms. The first-order valence-electron chi connectivity index (χ1n) is 20.2. The van der Waals surface area contributed by atoms with Gasteiger partial charge in [-0.05, 0) is 38.5 Å². The molecule has 0 aromatic carbocycles. The maximum atomic E-state index is 13.5. The molecule has 0 heterocycles. The Labute approximate surface area is 389 Å². The first-order valence-corrected chi connectivity index (χ1v) is 21.5. The molecule has 0 saturated carbocycles. The Morgan fingerprint density at radius 2 is 1.14 bits per heavy atom. The molecule has 0 aromatic heterocycles. The van der Waals surface area contributed by atoms with Crippen LogP contribution in [-0.2, 0) is 52.7 Å². The zero-order valence-electron chi connectivity index (χ0n) is 36.5. The fraction of sp³-hybridized carbons (Fsp3) is 0.667. The molecule has 20 N–H and O–H groups in total. The second kappa shape index (κ2) is 31.0. The summed E-state index contributed by atoms with van der Waals surface area (Å²) in [5.41, 5.74) is 21.3. The number of aliphatic imine (C=N–C) groups is 1. The van der Waals surface area contributed by atoms with Gasteiger partial charge in [0.05, 0.1) is 31.7 Å². The topological polar surface area (TPSA) is 481 Å². The molecular weight excluding hydrogens is 919 g/mol. The number of guanidine groups is 1. The van der Waals surface area contributed by atoms with Crippen LogP contribution in [0.4, 0.5) is 0 Å². The molecule has 0 aliphatic heterocycles. The monoisotopic (exact) mass is 981 g/mol. The number of aliphatic hydroxyl groups excluding tert-OH is 2. The van der Waals surface area contributed by atoms with Crippen LogP contribution in [0.5, 0.6) is 0 Å². The van der Waals surface area contributed by atoms with Crippen LogP contribution in [0.15, 0.2) is 4.99 Å². The molecule has 0 radical (unpaired) electrons. The van der Waals surface area contributed by atoms with Crippen molar-refractivity contribution >= 4 is 96.3 Å². The van der Waals surface area contributed by atoms with E-state index < -0.39 is 146 Å². The molecule has 0 aromatic rings. The van der Waals surface area contributed by atoms with Crippen molar-refractivity contribution in [1.82, 2.24) is 42.5 Å². The molecular formula is C36H63N13O15S2. The third-order valence-corrected chi connectivity index (χ3v) is 9.65. The van der Waals surface area contributed by atoms with Gasteiger partial charge in [-0.15, -0.1) is 0 Å². The number of nitrogens with one attached hydrogen (secondary N) is 8. The van der Waals surface area contributed by atoms with Crippen molar-refractivity contribution < 1.29 is 73.2 Å². The quantitative estimate of drug-likeness (QED) is 0.0129. The van der Waals surface area contributed by atoms with Crippen LogP contribution in [0.1, 0.15) is 59.3 Å². The van der Waals surface area contributed by atoms with Gasteiger partial charge in [-0.25, -0.2) is 4.79 Å². The number of aliphatic carboxylic acids is 2. The number of nitrogens with zero attached hydrogens (tertiary/aromatic N) is 1. The number of rotatable bonds is 32. The summed E-state index contributed by atoms with van der Waals surface area (Å²) in [6.45, 7) is 2.58. The predicted molar refractivity (Wildman–Crippen MR) is 239 cm³/mol. The van der Waals surface area contributed by atoms with Crippen molar-refractivity contribution in [2.24, 2.45) is 33.8 Å². The number of thiol groups is 2. The van der Waals surface area contributed by atoms with E-state index in [1.165, 1.54) is 0 Å². The lowest BCUT2D eigenvalue weighted by atomic mass is 10.0. The largest absolute Gasteiger partial charge is 0.481 e. The summed E-state index contributed by atoms with van der Waals surface area (Å²) in [6.07, 6.45) is -3.91. The van der Waals surface area contributed by atoms with E-state index in [0.717, 1.165) is 6.92 Å². The van der Waals surface area contributed by atoms with Crippen molar-refractivity contribution in [1.29, 1.82) is 0 Å². The van der Waals surface area contributed by atoms with Gasteiger partial charge < -0.3 is 85.9 Å². The first-order chi connectivity index (χ1) is 30.8. The summed E-state index contributed by atoms with van der Waals surface area (Å²) in [5.74, 6) is -13.4. The van der Waals surface area contributed by atoms with Crippen LogP contribution in [0.25, 0.3) is 0 Å². The van der Waals surface area contributed by atoms with E-state index in [-0.39, 0.29) is 55.6 Å². The molecule has 66 heavy (non-hydrogen) atoms. The Balaban J connectivity index is 6.26. The lowest BCUT2D eigenvalue weighted by Crippen LogP contribution is -2.62. The second-order valence-corrected chi connectivity index (χ2v) is 15.8. The standard InChI is InChI=1S/C36H63N13O15S2/c1-15(2)9-20(30(58)45-19(35(63)64)6-7-24(38)52)47-34(62)27(16(3)51)49-31(59)21(10-26(54)55)46-32(60)22(12-50)48-29(57)18(5-4-8-41-36(39)40)44-33(61)23(14-66)43-25(53)11-42-28(56)17(37)13-65/h15-23,27,50-51,65-66H,4-14,37H2,1-3H3,(H2,38,52)(H,42,56)(H,43,53)(H,44,61)(H,45,58)(H,46,60)(H,47,62)(H,48,57)(H,49,59)(H,54,55)(H,63,64)(H4,39,40,41)/t16-,17+,18+,19+,20+,21+,22+,23+,27+/m1/s1. The molecule has 0 unspecified atom stereocenters. The van der Waals surface area contributed by atoms with E-state index in [0.29, 0.717) is 0 Å². The van der Waals surface area contributed by atoms with Gasteiger partial charge in [0, 0.05) is 24.5 Å². The number of hydrogen-bond acceptors (Lipinski definition) is 17. The molecule has 30 heteroatoms. The summed E-state index contributed by atoms with van der Waals surface area (Å²) in [6, 6.07) is -12.8. The SMILES string of the molecule is CC(C)C[C@H](NC(=O)[C@@H](NC(=O)[C@H](CC(=O)O)NC(=O)[C@H](CO)NC(=O)[C@H](CCCN=C(N)N)NC(=O)[C@H](CS)NC(=O)CNC(=O)[C@@H](N)CS)[C@@H](C)O)C(=O)N[C@@H](CCC(N)=O)C(=O)O. The number of carboxylic acids is 2. The molecule has 374 valence electrons. The fourth-order valence-electron chi connectivity index (χ4n) is 5.43. The summed E-state index contributed by atoms with van der Waals surface area (Å²) >= 11 is 7.96. The minimum atomic E-state index is -2.04. The van der Waals surface area contributed by atoms with E-state index in [1.807, 2.05) is 5.32 Å². The van der Waals surface area contributed by atoms with E-state index in [9.17, 15) is 73.2 Å². The van der Waals surface area contributed by atoms with Gasteiger partial charge in [0.15, 0.2) is 5.96 Å². The normalized spacial score (nSPS) is 15.0.